The van der Waals surface area contributed by atoms with Crippen LogP contribution in [0.15, 0.2) is 6.07 Å². The number of alkyl carbamates (subject to hydrolysis) is 1. The first kappa shape index (κ1) is 25.5. The van der Waals surface area contributed by atoms with Crippen molar-refractivity contribution in [2.45, 2.75) is 52.1 Å². The molecule has 0 aliphatic rings. The number of amides is 1. The van der Waals surface area contributed by atoms with Gasteiger partial charge in [0.2, 0.25) is 6.54 Å². The van der Waals surface area contributed by atoms with E-state index in [1.54, 1.807) is 33.8 Å². The maximum Gasteiger partial charge on any atom is 0.407 e. The van der Waals surface area contributed by atoms with Crippen LogP contribution in [0.5, 0.6) is 5.75 Å². The summed E-state index contributed by atoms with van der Waals surface area (Å²) in [5.41, 5.74) is 1.11. The first-order valence-corrected chi connectivity index (χ1v) is 9.78. The summed E-state index contributed by atoms with van der Waals surface area (Å²) in [7, 11) is 2.67. The molecule has 30 heavy (non-hydrogen) atoms. The number of methoxy groups -OCH3 is 2. The van der Waals surface area contributed by atoms with Crippen molar-refractivity contribution >= 4 is 23.7 Å². The van der Waals surface area contributed by atoms with Crippen molar-refractivity contribution in [3.8, 4) is 5.75 Å². The molecule has 0 heterocycles. The SMILES string of the molecule is COC(=O)CC(C[N+](=O)[O-])c1c(C)c(Cl)cc(CCNC(=O)OC(C)(C)C)c1OC. The molecular formula is C20H29ClN2O7. The molecule has 0 bridgehead atoms. The van der Waals surface area contributed by atoms with Crippen molar-refractivity contribution in [2.75, 3.05) is 27.3 Å². The van der Waals surface area contributed by atoms with Crippen LogP contribution in [-0.2, 0) is 20.7 Å². The Kier molecular flexibility index (Phi) is 9.35. The van der Waals surface area contributed by atoms with Crippen molar-refractivity contribution < 1.29 is 28.7 Å². The van der Waals surface area contributed by atoms with Gasteiger partial charge in [-0.3, -0.25) is 14.9 Å². The quantitative estimate of drug-likeness (QED) is 0.351. The van der Waals surface area contributed by atoms with Gasteiger partial charge in [-0.25, -0.2) is 4.79 Å². The van der Waals surface area contributed by atoms with Gasteiger partial charge < -0.3 is 19.5 Å². The number of ether oxygens (including phenoxy) is 3. The first-order valence-electron chi connectivity index (χ1n) is 9.40. The normalized spacial score (nSPS) is 12.1. The summed E-state index contributed by atoms with van der Waals surface area (Å²) in [6.45, 7) is 6.76. The van der Waals surface area contributed by atoms with Crippen LogP contribution in [0, 0.1) is 17.0 Å². The van der Waals surface area contributed by atoms with Crippen molar-refractivity contribution in [3.05, 3.63) is 37.9 Å². The van der Waals surface area contributed by atoms with Gasteiger partial charge in [0.25, 0.3) is 0 Å². The number of carbonyl (C=O) groups excluding carboxylic acids is 2. The van der Waals surface area contributed by atoms with Crippen LogP contribution < -0.4 is 10.1 Å². The van der Waals surface area contributed by atoms with Crippen LogP contribution in [0.4, 0.5) is 4.79 Å². The Labute approximate surface area is 181 Å². The molecule has 0 aliphatic carbocycles. The number of nitro groups is 1. The maximum absolute atomic E-state index is 11.9. The lowest BCUT2D eigenvalue weighted by atomic mass is 9.88. The van der Waals surface area contributed by atoms with Gasteiger partial charge in [-0.05, 0) is 51.3 Å². The van der Waals surface area contributed by atoms with E-state index >= 15 is 0 Å². The number of hydrogen-bond acceptors (Lipinski definition) is 7. The third-order valence-corrected chi connectivity index (χ3v) is 4.68. The monoisotopic (exact) mass is 444 g/mol. The van der Waals surface area contributed by atoms with Crippen LogP contribution in [0.25, 0.3) is 0 Å². The predicted octanol–water partition coefficient (Wildman–Crippen LogP) is 3.65. The molecule has 0 aromatic heterocycles. The number of rotatable bonds is 9. The zero-order valence-electron chi connectivity index (χ0n) is 18.2. The summed E-state index contributed by atoms with van der Waals surface area (Å²) in [4.78, 5) is 34.4. The van der Waals surface area contributed by atoms with Crippen LogP contribution in [0.3, 0.4) is 0 Å². The van der Waals surface area contributed by atoms with Gasteiger partial charge in [0.1, 0.15) is 11.4 Å². The number of hydrogen-bond donors (Lipinski definition) is 1. The molecule has 1 aromatic carbocycles. The summed E-state index contributed by atoms with van der Waals surface area (Å²) in [6.07, 6.45) is -0.402. The van der Waals surface area contributed by atoms with Gasteiger partial charge in [-0.15, -0.1) is 0 Å². The Morgan fingerprint density at radius 1 is 1.30 bits per heavy atom. The zero-order valence-corrected chi connectivity index (χ0v) is 18.9. The molecule has 0 saturated carbocycles. The van der Waals surface area contributed by atoms with Crippen molar-refractivity contribution in [2.24, 2.45) is 0 Å². The topological polar surface area (TPSA) is 117 Å². The molecule has 0 aliphatic heterocycles. The molecule has 1 amide bonds. The third kappa shape index (κ3) is 7.70. The van der Waals surface area contributed by atoms with Gasteiger partial charge >= 0.3 is 12.1 Å². The predicted molar refractivity (Wildman–Crippen MR) is 112 cm³/mol. The van der Waals surface area contributed by atoms with E-state index in [9.17, 15) is 19.7 Å². The largest absolute Gasteiger partial charge is 0.496 e. The molecule has 1 atom stereocenters. The molecule has 1 rings (SSSR count). The molecule has 10 heteroatoms. The Morgan fingerprint density at radius 3 is 2.43 bits per heavy atom. The second-order valence-corrected chi connectivity index (χ2v) is 8.17. The Balaban J connectivity index is 3.21. The fraction of sp³-hybridized carbons (Fsp3) is 0.600. The fourth-order valence-corrected chi connectivity index (χ4v) is 3.29. The minimum Gasteiger partial charge on any atom is -0.496 e. The second-order valence-electron chi connectivity index (χ2n) is 7.76. The lowest BCUT2D eigenvalue weighted by Crippen LogP contribution is -2.33. The highest BCUT2D eigenvalue weighted by atomic mass is 35.5. The van der Waals surface area contributed by atoms with E-state index in [4.69, 9.17) is 25.8 Å². The van der Waals surface area contributed by atoms with Gasteiger partial charge in [0.15, 0.2) is 0 Å². The van der Waals surface area contributed by atoms with Gasteiger partial charge in [0.05, 0.1) is 26.6 Å². The molecule has 9 nitrogen and oxygen atoms in total. The van der Waals surface area contributed by atoms with E-state index in [0.29, 0.717) is 33.9 Å². The smallest absolute Gasteiger partial charge is 0.407 e. The second kappa shape index (κ2) is 11.0. The summed E-state index contributed by atoms with van der Waals surface area (Å²) in [6, 6.07) is 1.69. The van der Waals surface area contributed by atoms with Crippen LogP contribution in [-0.4, -0.2) is 49.9 Å². The minimum absolute atomic E-state index is 0.190. The number of nitrogens with zero attached hydrogens (tertiary/aromatic N) is 1. The molecular weight excluding hydrogens is 416 g/mol. The maximum atomic E-state index is 11.9. The van der Waals surface area contributed by atoms with Crippen LogP contribution in [0.2, 0.25) is 5.02 Å². The minimum atomic E-state index is -0.779. The van der Waals surface area contributed by atoms with Gasteiger partial charge in [-0.2, -0.15) is 0 Å². The van der Waals surface area contributed by atoms with E-state index in [1.165, 1.54) is 14.2 Å². The Bertz CT molecular complexity index is 790. The summed E-state index contributed by atoms with van der Waals surface area (Å²) < 4.78 is 15.4. The van der Waals surface area contributed by atoms with Crippen LogP contribution in [0.1, 0.15) is 49.8 Å². The highest BCUT2D eigenvalue weighted by Gasteiger charge is 2.29. The summed E-state index contributed by atoms with van der Waals surface area (Å²) in [5, 5.41) is 14.3. The molecule has 168 valence electrons. The lowest BCUT2D eigenvalue weighted by Gasteiger charge is -2.22. The van der Waals surface area contributed by atoms with Crippen LogP contribution >= 0.6 is 11.6 Å². The lowest BCUT2D eigenvalue weighted by molar-refractivity contribution is -0.483. The van der Waals surface area contributed by atoms with Crippen molar-refractivity contribution in [1.82, 2.24) is 5.32 Å². The van der Waals surface area contributed by atoms with Crippen molar-refractivity contribution in [3.63, 3.8) is 0 Å². The van der Waals surface area contributed by atoms with E-state index in [2.05, 4.69) is 5.32 Å². The number of carbonyl (C=O) groups is 2. The molecule has 1 N–H and O–H groups in total. The zero-order chi connectivity index (χ0) is 23.1. The third-order valence-electron chi connectivity index (χ3n) is 4.28. The van der Waals surface area contributed by atoms with E-state index in [1.807, 2.05) is 0 Å². The number of nitrogens with one attached hydrogen (secondary N) is 1. The Morgan fingerprint density at radius 2 is 1.93 bits per heavy atom. The highest BCUT2D eigenvalue weighted by molar-refractivity contribution is 6.31. The van der Waals surface area contributed by atoms with E-state index < -0.39 is 35.0 Å². The molecule has 1 unspecified atom stereocenters. The summed E-state index contributed by atoms with van der Waals surface area (Å²) in [5.74, 6) is -0.950. The van der Waals surface area contributed by atoms with E-state index in [-0.39, 0.29) is 13.0 Å². The van der Waals surface area contributed by atoms with E-state index in [0.717, 1.165) is 0 Å². The van der Waals surface area contributed by atoms with Crippen molar-refractivity contribution in [1.29, 1.82) is 0 Å². The average Bonchev–Trinajstić information content (AvgIpc) is 2.61. The summed E-state index contributed by atoms with van der Waals surface area (Å²) >= 11 is 6.37. The molecule has 0 radical (unpaired) electrons. The molecule has 0 spiro atoms. The number of halogens is 1. The Hall–Kier alpha value is -2.55. The number of benzene rings is 1. The standard InChI is InChI=1S/C20H29ClN2O7/c1-12-15(21)9-13(7-8-22-19(25)30-20(2,3)4)18(29-6)17(12)14(11-23(26)27)10-16(24)28-5/h9,14H,7-8,10-11H2,1-6H3,(H,22,25). The van der Waals surface area contributed by atoms with Gasteiger partial charge in [0, 0.05) is 22.1 Å². The molecule has 0 fully saturated rings. The average molecular weight is 445 g/mol. The highest BCUT2D eigenvalue weighted by Crippen LogP contribution is 2.39. The number of esters is 1. The molecule has 1 aromatic rings. The fourth-order valence-electron chi connectivity index (χ4n) is 3.05. The first-order chi connectivity index (χ1) is 13.9. The molecule has 0 saturated heterocycles. The van der Waals surface area contributed by atoms with Gasteiger partial charge in [-0.1, -0.05) is 11.6 Å².